The average Bonchev–Trinajstić information content (AvgIpc) is 3.04. The highest BCUT2D eigenvalue weighted by molar-refractivity contribution is 5.59. The van der Waals surface area contributed by atoms with E-state index in [0.717, 1.165) is 44.7 Å². The van der Waals surface area contributed by atoms with Gasteiger partial charge in [-0.3, -0.25) is 0 Å². The lowest BCUT2D eigenvalue weighted by Gasteiger charge is -2.43. The van der Waals surface area contributed by atoms with Gasteiger partial charge in [0.2, 0.25) is 0 Å². The lowest BCUT2D eigenvalue weighted by Crippen LogP contribution is -2.51. The molecule has 6 nitrogen and oxygen atoms in total. The molecule has 1 N–H and O–H groups in total. The van der Waals surface area contributed by atoms with Crippen molar-refractivity contribution in [3.63, 3.8) is 0 Å². The molecule has 1 saturated heterocycles. The summed E-state index contributed by atoms with van der Waals surface area (Å²) in [7, 11) is 2.21. The Morgan fingerprint density at radius 3 is 2.75 bits per heavy atom. The summed E-state index contributed by atoms with van der Waals surface area (Å²) in [6.45, 7) is 8.60. The van der Waals surface area contributed by atoms with Crippen LogP contribution in [-0.2, 0) is 12.8 Å². The fraction of sp³-hybridized carbons (Fsp3) is 0.636. The molecule has 28 heavy (non-hydrogen) atoms. The average molecular weight is 381 g/mol. The van der Waals surface area contributed by atoms with Crippen molar-refractivity contribution in [2.24, 2.45) is 5.92 Å². The Hall–Kier alpha value is -2.08. The molecule has 4 heterocycles. The first kappa shape index (κ1) is 18.0. The van der Waals surface area contributed by atoms with Gasteiger partial charge >= 0.3 is 0 Å². The van der Waals surface area contributed by atoms with Gasteiger partial charge in [0.05, 0.1) is 11.9 Å². The molecular formula is C22H32N6. The predicted molar refractivity (Wildman–Crippen MR) is 113 cm³/mol. The molecule has 2 aromatic heterocycles. The number of nitrogens with zero attached hydrogens (tertiary/aromatic N) is 5. The molecule has 150 valence electrons. The standard InChI is InChI=1S/C22H32N6/c1-16(24-18-6-4-3-5-7-18)17-14-27(15-17)22-19-9-12-26(2)13-10-20(19)25-21-8-11-23-28(21)22/h8,11,17-18,24H,1,3-7,9-10,12-15H2,2H3. The molecule has 0 radical (unpaired) electrons. The number of fused-ring (bicyclic) bond motifs is 2. The van der Waals surface area contributed by atoms with E-state index in [4.69, 9.17) is 4.98 Å². The van der Waals surface area contributed by atoms with Crippen molar-refractivity contribution in [3.8, 4) is 0 Å². The maximum absolute atomic E-state index is 4.92. The third kappa shape index (κ3) is 3.28. The van der Waals surface area contributed by atoms with Crippen molar-refractivity contribution in [2.75, 3.05) is 38.1 Å². The van der Waals surface area contributed by atoms with Gasteiger partial charge in [0.15, 0.2) is 5.65 Å². The van der Waals surface area contributed by atoms with Gasteiger partial charge in [0.25, 0.3) is 0 Å². The molecule has 2 aliphatic heterocycles. The van der Waals surface area contributed by atoms with Crippen molar-refractivity contribution in [3.05, 3.63) is 35.8 Å². The van der Waals surface area contributed by atoms with Crippen molar-refractivity contribution < 1.29 is 0 Å². The van der Waals surface area contributed by atoms with Gasteiger partial charge in [0.1, 0.15) is 5.82 Å². The summed E-state index contributed by atoms with van der Waals surface area (Å²) in [5, 5.41) is 8.34. The largest absolute Gasteiger partial charge is 0.386 e. The van der Waals surface area contributed by atoms with E-state index in [-0.39, 0.29) is 0 Å². The minimum absolute atomic E-state index is 0.532. The first-order valence-electron chi connectivity index (χ1n) is 10.9. The zero-order valence-electron chi connectivity index (χ0n) is 17.0. The predicted octanol–water partition coefficient (Wildman–Crippen LogP) is 2.63. The number of aromatic nitrogens is 3. The Bertz CT molecular complexity index is 859. The van der Waals surface area contributed by atoms with Crippen LogP contribution in [0.4, 0.5) is 5.82 Å². The van der Waals surface area contributed by atoms with Crippen molar-refractivity contribution in [1.82, 2.24) is 24.8 Å². The number of nitrogens with one attached hydrogen (secondary N) is 1. The lowest BCUT2D eigenvalue weighted by atomic mass is 9.92. The van der Waals surface area contributed by atoms with Crippen LogP contribution in [0.3, 0.4) is 0 Å². The SMILES string of the molecule is C=C(NC1CCCCC1)C1CN(c2c3c(nc4ccnn24)CCN(C)CC3)C1. The summed E-state index contributed by atoms with van der Waals surface area (Å²) in [6.07, 6.45) is 10.7. The molecule has 3 aliphatic rings. The number of hydrogen-bond donors (Lipinski definition) is 1. The minimum Gasteiger partial charge on any atom is -0.386 e. The summed E-state index contributed by atoms with van der Waals surface area (Å²) < 4.78 is 2.05. The molecule has 5 rings (SSSR count). The van der Waals surface area contributed by atoms with E-state index in [1.54, 1.807) is 0 Å². The lowest BCUT2D eigenvalue weighted by molar-refractivity contribution is 0.351. The highest BCUT2D eigenvalue weighted by Gasteiger charge is 2.34. The van der Waals surface area contributed by atoms with E-state index in [2.05, 4.69) is 38.4 Å². The van der Waals surface area contributed by atoms with Crippen LogP contribution in [0.25, 0.3) is 5.65 Å². The van der Waals surface area contributed by atoms with Crippen LogP contribution in [-0.4, -0.2) is 58.8 Å². The van der Waals surface area contributed by atoms with Gasteiger partial charge in [-0.15, -0.1) is 0 Å². The van der Waals surface area contributed by atoms with Crippen molar-refractivity contribution in [1.29, 1.82) is 0 Å². The van der Waals surface area contributed by atoms with E-state index in [1.165, 1.54) is 54.9 Å². The molecule has 0 unspecified atom stereocenters. The summed E-state index contributed by atoms with van der Waals surface area (Å²) in [4.78, 5) is 9.82. The van der Waals surface area contributed by atoms with Gasteiger partial charge in [-0.1, -0.05) is 25.8 Å². The van der Waals surface area contributed by atoms with Crippen LogP contribution < -0.4 is 10.2 Å². The van der Waals surface area contributed by atoms with Crippen LogP contribution in [0.1, 0.15) is 43.4 Å². The van der Waals surface area contributed by atoms with Crippen LogP contribution in [0.2, 0.25) is 0 Å². The van der Waals surface area contributed by atoms with Gasteiger partial charge in [-0.25, -0.2) is 4.98 Å². The van der Waals surface area contributed by atoms with Gasteiger partial charge in [-0.2, -0.15) is 9.61 Å². The number of anilines is 1. The van der Waals surface area contributed by atoms with Crippen LogP contribution in [0, 0.1) is 5.92 Å². The highest BCUT2D eigenvalue weighted by Crippen LogP contribution is 2.34. The van der Waals surface area contributed by atoms with E-state index in [1.807, 2.05) is 12.3 Å². The molecule has 0 amide bonds. The Balaban J connectivity index is 1.34. The third-order valence-electron chi connectivity index (χ3n) is 6.83. The maximum Gasteiger partial charge on any atom is 0.157 e. The zero-order chi connectivity index (χ0) is 19.1. The Morgan fingerprint density at radius 2 is 1.93 bits per heavy atom. The topological polar surface area (TPSA) is 48.7 Å². The maximum atomic E-state index is 4.92. The molecule has 0 bridgehead atoms. The molecule has 6 heteroatoms. The quantitative estimate of drug-likeness (QED) is 0.884. The molecule has 0 atom stereocenters. The second-order valence-corrected chi connectivity index (χ2v) is 8.87. The number of likely N-dealkylation sites (N-methyl/N-ethyl adjacent to an activating group) is 1. The Morgan fingerprint density at radius 1 is 1.14 bits per heavy atom. The molecule has 1 aliphatic carbocycles. The summed E-state index contributed by atoms with van der Waals surface area (Å²) in [5.74, 6) is 1.80. The molecule has 0 aromatic carbocycles. The monoisotopic (exact) mass is 380 g/mol. The van der Waals surface area contributed by atoms with Crippen LogP contribution >= 0.6 is 0 Å². The first-order valence-corrected chi connectivity index (χ1v) is 10.9. The molecular weight excluding hydrogens is 348 g/mol. The highest BCUT2D eigenvalue weighted by atomic mass is 15.4. The fourth-order valence-corrected chi connectivity index (χ4v) is 5.00. The molecule has 0 spiro atoms. The second-order valence-electron chi connectivity index (χ2n) is 8.87. The van der Waals surface area contributed by atoms with Gasteiger partial charge in [0, 0.05) is 61.9 Å². The van der Waals surface area contributed by atoms with Crippen LogP contribution in [0.5, 0.6) is 0 Å². The van der Waals surface area contributed by atoms with Crippen molar-refractivity contribution in [2.45, 2.75) is 51.0 Å². The van der Waals surface area contributed by atoms with Crippen LogP contribution in [0.15, 0.2) is 24.5 Å². The van der Waals surface area contributed by atoms with Gasteiger partial charge < -0.3 is 15.1 Å². The van der Waals surface area contributed by atoms with E-state index in [0.29, 0.717) is 12.0 Å². The normalized spacial score (nSPS) is 22.0. The second kappa shape index (κ2) is 7.39. The Labute approximate surface area is 167 Å². The van der Waals surface area contributed by atoms with E-state index in [9.17, 15) is 0 Å². The van der Waals surface area contributed by atoms with E-state index >= 15 is 0 Å². The first-order chi connectivity index (χ1) is 13.7. The number of hydrogen-bond acceptors (Lipinski definition) is 5. The molecule has 2 fully saturated rings. The minimum atomic E-state index is 0.532. The zero-order valence-corrected chi connectivity index (χ0v) is 17.0. The third-order valence-corrected chi connectivity index (χ3v) is 6.83. The molecule has 1 saturated carbocycles. The Kier molecular flexibility index (Phi) is 4.75. The van der Waals surface area contributed by atoms with Gasteiger partial charge in [-0.05, 0) is 26.3 Å². The van der Waals surface area contributed by atoms with Crippen molar-refractivity contribution >= 4 is 11.5 Å². The summed E-state index contributed by atoms with van der Waals surface area (Å²) >= 11 is 0. The number of rotatable bonds is 4. The fourth-order valence-electron chi connectivity index (χ4n) is 5.00. The summed E-state index contributed by atoms with van der Waals surface area (Å²) in [6, 6.07) is 2.67. The molecule has 2 aromatic rings. The van der Waals surface area contributed by atoms with E-state index < -0.39 is 0 Å². The smallest absolute Gasteiger partial charge is 0.157 e. The summed E-state index contributed by atoms with van der Waals surface area (Å²) in [5.41, 5.74) is 4.86.